The van der Waals surface area contributed by atoms with E-state index in [1.807, 2.05) is 0 Å². The number of hydrogen-bond donors (Lipinski definition) is 1. The van der Waals surface area contributed by atoms with Crippen molar-refractivity contribution in [1.29, 1.82) is 0 Å². The second-order valence-corrected chi connectivity index (χ2v) is 6.82. The van der Waals surface area contributed by atoms with Gasteiger partial charge in [0.05, 0.1) is 12.4 Å². The standard InChI is InChI=1S/C14H18N2O4S/c1-16(8-10-21(2,19)20)14(18)13-7-6-12(11-15-13)5-3-4-9-17/h6-7,11,17H,4,8-10H2,1-2H3. The first-order chi connectivity index (χ1) is 9.83. The molecule has 1 aromatic heterocycles. The van der Waals surface area contributed by atoms with E-state index in [9.17, 15) is 13.2 Å². The van der Waals surface area contributed by atoms with Crippen LogP contribution < -0.4 is 0 Å². The van der Waals surface area contributed by atoms with Crippen LogP contribution >= 0.6 is 0 Å². The van der Waals surface area contributed by atoms with E-state index in [0.717, 1.165) is 6.26 Å². The van der Waals surface area contributed by atoms with Gasteiger partial charge in [0.1, 0.15) is 15.5 Å². The van der Waals surface area contributed by atoms with Gasteiger partial charge >= 0.3 is 0 Å². The van der Waals surface area contributed by atoms with Crippen LogP contribution in [0.15, 0.2) is 18.3 Å². The molecule has 0 aromatic carbocycles. The molecule has 0 radical (unpaired) electrons. The number of rotatable bonds is 5. The normalized spacial score (nSPS) is 10.6. The average Bonchev–Trinajstić information content (AvgIpc) is 2.44. The van der Waals surface area contributed by atoms with Gasteiger partial charge in [-0.25, -0.2) is 13.4 Å². The Balaban J connectivity index is 2.69. The summed E-state index contributed by atoms with van der Waals surface area (Å²) < 4.78 is 22.2. The minimum absolute atomic E-state index is 0.00211. The number of amides is 1. The lowest BCUT2D eigenvalue weighted by Gasteiger charge is -2.15. The second kappa shape index (κ2) is 7.76. The van der Waals surface area contributed by atoms with Crippen molar-refractivity contribution in [3.8, 4) is 11.8 Å². The molecule has 0 unspecified atom stereocenters. The predicted octanol–water partition coefficient (Wildman–Crippen LogP) is -0.0679. The molecule has 0 fully saturated rings. The summed E-state index contributed by atoms with van der Waals surface area (Å²) in [6.07, 6.45) is 2.99. The summed E-state index contributed by atoms with van der Waals surface area (Å²) in [5.74, 6) is 5.14. The summed E-state index contributed by atoms with van der Waals surface area (Å²) in [6, 6.07) is 3.21. The molecule has 7 heteroatoms. The molecule has 1 N–H and O–H groups in total. The number of aromatic nitrogens is 1. The van der Waals surface area contributed by atoms with Gasteiger partial charge in [-0.1, -0.05) is 11.8 Å². The van der Waals surface area contributed by atoms with Gasteiger partial charge < -0.3 is 10.0 Å². The molecule has 0 atom stereocenters. The topological polar surface area (TPSA) is 87.6 Å². The van der Waals surface area contributed by atoms with Crippen LogP contribution in [0.3, 0.4) is 0 Å². The summed E-state index contributed by atoms with van der Waals surface area (Å²) in [5.41, 5.74) is 0.887. The fraction of sp³-hybridized carbons (Fsp3) is 0.429. The highest BCUT2D eigenvalue weighted by Gasteiger charge is 2.14. The Morgan fingerprint density at radius 1 is 1.43 bits per heavy atom. The van der Waals surface area contributed by atoms with Crippen molar-refractivity contribution in [2.75, 3.05) is 32.2 Å². The monoisotopic (exact) mass is 310 g/mol. The fourth-order valence-electron chi connectivity index (χ4n) is 1.41. The first-order valence-corrected chi connectivity index (χ1v) is 8.38. The van der Waals surface area contributed by atoms with Crippen molar-refractivity contribution in [3.63, 3.8) is 0 Å². The Morgan fingerprint density at radius 3 is 2.67 bits per heavy atom. The van der Waals surface area contributed by atoms with Crippen LogP contribution in [0.5, 0.6) is 0 Å². The first-order valence-electron chi connectivity index (χ1n) is 6.32. The Labute approximate surface area is 124 Å². The van der Waals surface area contributed by atoms with E-state index < -0.39 is 9.84 Å². The number of aliphatic hydroxyl groups excluding tert-OH is 1. The van der Waals surface area contributed by atoms with Crippen molar-refractivity contribution in [3.05, 3.63) is 29.6 Å². The van der Waals surface area contributed by atoms with E-state index >= 15 is 0 Å². The smallest absolute Gasteiger partial charge is 0.272 e. The number of carbonyl (C=O) groups excluding carboxylic acids is 1. The Bertz CT molecular complexity index is 642. The van der Waals surface area contributed by atoms with Crippen molar-refractivity contribution < 1.29 is 18.3 Å². The van der Waals surface area contributed by atoms with E-state index in [1.54, 1.807) is 12.1 Å². The van der Waals surface area contributed by atoms with Crippen LogP contribution in [0.1, 0.15) is 22.5 Å². The zero-order chi connectivity index (χ0) is 15.9. The van der Waals surface area contributed by atoms with Gasteiger partial charge in [-0.05, 0) is 12.1 Å². The Kier molecular flexibility index (Phi) is 6.34. The third kappa shape index (κ3) is 6.38. The quantitative estimate of drug-likeness (QED) is 0.769. The highest BCUT2D eigenvalue weighted by molar-refractivity contribution is 7.90. The molecule has 1 amide bonds. The van der Waals surface area contributed by atoms with Crippen LogP contribution in [0.4, 0.5) is 0 Å². The molecule has 1 heterocycles. The summed E-state index contributed by atoms with van der Waals surface area (Å²) in [6.45, 7) is 0.125. The molecular weight excluding hydrogens is 292 g/mol. The number of aliphatic hydroxyl groups is 1. The maximum absolute atomic E-state index is 12.0. The number of sulfone groups is 1. The highest BCUT2D eigenvalue weighted by Crippen LogP contribution is 2.03. The van der Waals surface area contributed by atoms with E-state index in [-0.39, 0.29) is 30.5 Å². The van der Waals surface area contributed by atoms with Crippen LogP contribution in [-0.4, -0.2) is 61.5 Å². The maximum Gasteiger partial charge on any atom is 0.272 e. The number of hydrogen-bond acceptors (Lipinski definition) is 5. The van der Waals surface area contributed by atoms with E-state index in [2.05, 4.69) is 16.8 Å². The van der Waals surface area contributed by atoms with Crippen molar-refractivity contribution in [2.24, 2.45) is 0 Å². The van der Waals surface area contributed by atoms with Crippen LogP contribution in [0.25, 0.3) is 0 Å². The third-order valence-electron chi connectivity index (χ3n) is 2.60. The molecule has 0 bridgehead atoms. The van der Waals surface area contributed by atoms with Crippen molar-refractivity contribution in [2.45, 2.75) is 6.42 Å². The predicted molar refractivity (Wildman–Crippen MR) is 79.5 cm³/mol. The number of nitrogens with zero attached hydrogens (tertiary/aromatic N) is 2. The third-order valence-corrected chi connectivity index (χ3v) is 3.52. The van der Waals surface area contributed by atoms with Gasteiger partial charge in [0.15, 0.2) is 0 Å². The fourth-order valence-corrected chi connectivity index (χ4v) is 2.02. The van der Waals surface area contributed by atoms with E-state index in [4.69, 9.17) is 5.11 Å². The molecule has 21 heavy (non-hydrogen) atoms. The minimum Gasteiger partial charge on any atom is -0.395 e. The van der Waals surface area contributed by atoms with Crippen LogP contribution in [0, 0.1) is 11.8 Å². The summed E-state index contributed by atoms with van der Waals surface area (Å²) >= 11 is 0. The van der Waals surface area contributed by atoms with Gasteiger partial charge in [0, 0.05) is 38.0 Å². The lowest BCUT2D eigenvalue weighted by atomic mass is 10.2. The average molecular weight is 310 g/mol. The van der Waals surface area contributed by atoms with Gasteiger partial charge in [-0.3, -0.25) is 4.79 Å². The molecular formula is C14H18N2O4S. The summed E-state index contributed by atoms with van der Waals surface area (Å²) in [7, 11) is -1.58. The largest absolute Gasteiger partial charge is 0.395 e. The lowest BCUT2D eigenvalue weighted by Crippen LogP contribution is -2.31. The van der Waals surface area contributed by atoms with Gasteiger partial charge in [0.2, 0.25) is 0 Å². The Hall–Kier alpha value is -1.91. The number of carbonyl (C=O) groups is 1. The van der Waals surface area contributed by atoms with Crippen molar-refractivity contribution in [1.82, 2.24) is 9.88 Å². The molecule has 0 saturated carbocycles. The minimum atomic E-state index is -3.11. The second-order valence-electron chi connectivity index (χ2n) is 4.56. The number of pyridine rings is 1. The zero-order valence-corrected chi connectivity index (χ0v) is 12.9. The van der Waals surface area contributed by atoms with Crippen molar-refractivity contribution >= 4 is 15.7 Å². The van der Waals surface area contributed by atoms with Gasteiger partial charge in [-0.2, -0.15) is 0 Å². The maximum atomic E-state index is 12.0. The van der Waals surface area contributed by atoms with Gasteiger partial charge in [-0.15, -0.1) is 0 Å². The van der Waals surface area contributed by atoms with E-state index in [0.29, 0.717) is 12.0 Å². The van der Waals surface area contributed by atoms with E-state index in [1.165, 1.54) is 18.1 Å². The SMILES string of the molecule is CN(CCS(C)(=O)=O)C(=O)c1ccc(C#CCCO)cn1. The van der Waals surface area contributed by atoms with Crippen LogP contribution in [0.2, 0.25) is 0 Å². The molecule has 0 aliphatic carbocycles. The first kappa shape index (κ1) is 17.1. The molecule has 6 nitrogen and oxygen atoms in total. The highest BCUT2D eigenvalue weighted by atomic mass is 32.2. The lowest BCUT2D eigenvalue weighted by molar-refractivity contribution is 0.0797. The zero-order valence-electron chi connectivity index (χ0n) is 12.0. The summed E-state index contributed by atoms with van der Waals surface area (Å²) in [5, 5.41) is 8.62. The summed E-state index contributed by atoms with van der Waals surface area (Å²) in [4.78, 5) is 17.4. The molecule has 0 aliphatic heterocycles. The molecule has 1 rings (SSSR count). The Morgan fingerprint density at radius 2 is 2.14 bits per heavy atom. The molecule has 0 spiro atoms. The molecule has 0 saturated heterocycles. The van der Waals surface area contributed by atoms with Gasteiger partial charge in [0.25, 0.3) is 5.91 Å². The molecule has 114 valence electrons. The van der Waals surface area contributed by atoms with Crippen LogP contribution in [-0.2, 0) is 9.84 Å². The molecule has 0 aliphatic rings. The molecule has 1 aromatic rings.